The minimum atomic E-state index is -2.94. The molecule has 2 aliphatic rings. The monoisotopic (exact) mass is 328 g/mol. The van der Waals surface area contributed by atoms with Gasteiger partial charge in [0.25, 0.3) is 0 Å². The Morgan fingerprint density at radius 1 is 1.26 bits per heavy atom. The second-order valence-corrected chi connectivity index (χ2v) is 8.50. The molecule has 1 aliphatic heterocycles. The van der Waals surface area contributed by atoms with Crippen molar-refractivity contribution in [1.82, 2.24) is 9.34 Å². The molecule has 0 radical (unpaired) electrons. The van der Waals surface area contributed by atoms with Crippen molar-refractivity contribution in [3.63, 3.8) is 0 Å². The fourth-order valence-electron chi connectivity index (χ4n) is 3.19. The minimum Gasteiger partial charge on any atom is -0.306 e. The molecule has 112 valence electrons. The SMILES string of the molecule is CN1[C@H]2CCCC[C@H]2COP1(=O)N(CCCl)CCCl. The Bertz CT molecular complexity index is 340. The molecule has 2 fully saturated rings. The molecule has 0 bridgehead atoms. The molecular formula is C12H23Cl2N2O2P. The van der Waals surface area contributed by atoms with Crippen molar-refractivity contribution >= 4 is 30.9 Å². The van der Waals surface area contributed by atoms with E-state index in [9.17, 15) is 4.57 Å². The highest BCUT2D eigenvalue weighted by molar-refractivity contribution is 7.54. The highest BCUT2D eigenvalue weighted by atomic mass is 35.5. The van der Waals surface area contributed by atoms with E-state index in [1.54, 1.807) is 0 Å². The molecule has 1 saturated carbocycles. The summed E-state index contributed by atoms with van der Waals surface area (Å²) >= 11 is 11.6. The highest BCUT2D eigenvalue weighted by Gasteiger charge is 2.47. The third kappa shape index (κ3) is 3.30. The van der Waals surface area contributed by atoms with Crippen LogP contribution in [0.1, 0.15) is 25.7 Å². The zero-order valence-corrected chi connectivity index (χ0v) is 13.8. The summed E-state index contributed by atoms with van der Waals surface area (Å²) < 4.78 is 22.8. The maximum Gasteiger partial charge on any atom is 0.346 e. The van der Waals surface area contributed by atoms with Crippen LogP contribution >= 0.6 is 30.9 Å². The molecule has 0 aromatic rings. The first-order chi connectivity index (χ1) is 9.13. The lowest BCUT2D eigenvalue weighted by Gasteiger charge is -2.48. The van der Waals surface area contributed by atoms with E-state index in [0.717, 1.165) is 6.42 Å². The standard InChI is InChI=1S/C12H23Cl2N2O2P/c1-15-12-5-3-2-4-11(12)10-18-19(15,17)16(8-6-13)9-7-14/h11-12H,2-10H2,1H3/t11-,12-,19?/m0/s1. The molecule has 0 N–H and O–H groups in total. The van der Waals surface area contributed by atoms with Crippen LogP contribution < -0.4 is 0 Å². The molecule has 2 rings (SSSR count). The lowest BCUT2D eigenvalue weighted by molar-refractivity contribution is 0.0621. The predicted molar refractivity (Wildman–Crippen MR) is 80.1 cm³/mol. The van der Waals surface area contributed by atoms with Gasteiger partial charge < -0.3 is 4.52 Å². The van der Waals surface area contributed by atoms with Gasteiger partial charge in [0, 0.05) is 30.9 Å². The average molecular weight is 329 g/mol. The predicted octanol–water partition coefficient (Wildman–Crippen LogP) is 3.39. The molecule has 0 aromatic carbocycles. The number of halogens is 2. The molecule has 19 heavy (non-hydrogen) atoms. The molecule has 1 heterocycles. The van der Waals surface area contributed by atoms with Crippen LogP contribution in [0.15, 0.2) is 0 Å². The molecule has 0 aromatic heterocycles. The summed E-state index contributed by atoms with van der Waals surface area (Å²) in [7, 11) is -1.01. The van der Waals surface area contributed by atoms with Crippen LogP contribution in [-0.2, 0) is 9.09 Å². The average Bonchev–Trinajstić information content (AvgIpc) is 2.43. The second-order valence-electron chi connectivity index (χ2n) is 5.30. The van der Waals surface area contributed by atoms with Gasteiger partial charge >= 0.3 is 7.67 Å². The quantitative estimate of drug-likeness (QED) is 0.572. The molecular weight excluding hydrogens is 306 g/mol. The summed E-state index contributed by atoms with van der Waals surface area (Å²) in [6, 6.07) is 0.376. The summed E-state index contributed by atoms with van der Waals surface area (Å²) in [6.45, 7) is 1.70. The van der Waals surface area contributed by atoms with E-state index in [1.165, 1.54) is 19.3 Å². The number of hydrogen-bond donors (Lipinski definition) is 0. The zero-order valence-electron chi connectivity index (χ0n) is 11.4. The van der Waals surface area contributed by atoms with E-state index in [2.05, 4.69) is 0 Å². The Labute approximate surface area is 125 Å². The lowest BCUT2D eigenvalue weighted by Crippen LogP contribution is -2.48. The largest absolute Gasteiger partial charge is 0.346 e. The van der Waals surface area contributed by atoms with Gasteiger partial charge in [0.1, 0.15) is 0 Å². The van der Waals surface area contributed by atoms with Gasteiger partial charge in [-0.3, -0.25) is 4.57 Å². The Morgan fingerprint density at radius 2 is 1.89 bits per heavy atom. The van der Waals surface area contributed by atoms with Gasteiger partial charge in [0.05, 0.1) is 6.61 Å². The Kier molecular flexibility index (Phi) is 6.01. The smallest absolute Gasteiger partial charge is 0.306 e. The van der Waals surface area contributed by atoms with Crippen molar-refractivity contribution in [3.8, 4) is 0 Å². The van der Waals surface area contributed by atoms with Crippen molar-refractivity contribution in [2.24, 2.45) is 5.92 Å². The second kappa shape index (κ2) is 7.11. The van der Waals surface area contributed by atoms with Gasteiger partial charge in [-0.25, -0.2) is 9.34 Å². The van der Waals surface area contributed by atoms with Crippen LogP contribution in [0, 0.1) is 5.92 Å². The first-order valence-electron chi connectivity index (χ1n) is 6.98. The molecule has 0 amide bonds. The van der Waals surface area contributed by atoms with Gasteiger partial charge in [-0.05, 0) is 25.8 Å². The summed E-state index contributed by atoms with van der Waals surface area (Å²) in [4.78, 5) is 0. The van der Waals surface area contributed by atoms with Crippen LogP contribution in [0.2, 0.25) is 0 Å². The Balaban J connectivity index is 2.14. The van der Waals surface area contributed by atoms with Crippen molar-refractivity contribution in [2.75, 3.05) is 38.5 Å². The fraction of sp³-hybridized carbons (Fsp3) is 1.00. The van der Waals surface area contributed by atoms with E-state index in [-0.39, 0.29) is 0 Å². The van der Waals surface area contributed by atoms with Crippen LogP contribution in [0.3, 0.4) is 0 Å². The Morgan fingerprint density at radius 3 is 2.53 bits per heavy atom. The summed E-state index contributed by atoms with van der Waals surface area (Å²) in [5.74, 6) is 1.40. The topological polar surface area (TPSA) is 32.8 Å². The van der Waals surface area contributed by atoms with Crippen molar-refractivity contribution < 1.29 is 9.09 Å². The molecule has 1 aliphatic carbocycles. The third-order valence-electron chi connectivity index (χ3n) is 4.25. The first-order valence-corrected chi connectivity index (χ1v) is 9.58. The molecule has 1 saturated heterocycles. The summed E-state index contributed by atoms with van der Waals surface area (Å²) in [5.41, 5.74) is 0. The molecule has 1 unspecified atom stereocenters. The molecule has 0 spiro atoms. The fourth-order valence-corrected chi connectivity index (χ4v) is 6.34. The maximum absolute atomic E-state index is 13.2. The van der Waals surface area contributed by atoms with Crippen LogP contribution in [0.5, 0.6) is 0 Å². The number of hydrogen-bond acceptors (Lipinski definition) is 2. The van der Waals surface area contributed by atoms with Crippen LogP contribution in [0.4, 0.5) is 0 Å². The normalized spacial score (nSPS) is 36.4. The van der Waals surface area contributed by atoms with E-state index < -0.39 is 7.67 Å². The lowest BCUT2D eigenvalue weighted by atomic mass is 9.85. The summed E-state index contributed by atoms with van der Waals surface area (Å²) in [5, 5.41) is 0. The van der Waals surface area contributed by atoms with E-state index in [0.29, 0.717) is 43.4 Å². The van der Waals surface area contributed by atoms with E-state index in [4.69, 9.17) is 27.7 Å². The molecule has 7 heteroatoms. The molecule has 3 atom stereocenters. The van der Waals surface area contributed by atoms with Crippen LogP contribution in [0.25, 0.3) is 0 Å². The first kappa shape index (κ1) is 16.1. The number of nitrogens with zero attached hydrogens (tertiary/aromatic N) is 2. The number of fused-ring (bicyclic) bond motifs is 1. The van der Waals surface area contributed by atoms with Crippen molar-refractivity contribution in [2.45, 2.75) is 31.7 Å². The Hall–Kier alpha value is 0.690. The van der Waals surface area contributed by atoms with Gasteiger partial charge in [-0.15, -0.1) is 23.2 Å². The van der Waals surface area contributed by atoms with Crippen molar-refractivity contribution in [1.29, 1.82) is 0 Å². The van der Waals surface area contributed by atoms with Gasteiger partial charge in [0.2, 0.25) is 0 Å². The molecule has 4 nitrogen and oxygen atoms in total. The van der Waals surface area contributed by atoms with Crippen LogP contribution in [-0.4, -0.2) is 53.9 Å². The van der Waals surface area contributed by atoms with Gasteiger partial charge in [-0.2, -0.15) is 0 Å². The zero-order chi connectivity index (χ0) is 13.9. The third-order valence-corrected chi connectivity index (χ3v) is 7.28. The van der Waals surface area contributed by atoms with Gasteiger partial charge in [0.15, 0.2) is 0 Å². The number of alkyl halides is 2. The van der Waals surface area contributed by atoms with Crippen molar-refractivity contribution in [3.05, 3.63) is 0 Å². The minimum absolute atomic E-state index is 0.376. The number of rotatable bonds is 5. The van der Waals surface area contributed by atoms with E-state index >= 15 is 0 Å². The van der Waals surface area contributed by atoms with E-state index in [1.807, 2.05) is 16.4 Å². The maximum atomic E-state index is 13.2. The van der Waals surface area contributed by atoms with Gasteiger partial charge in [-0.1, -0.05) is 12.8 Å². The highest BCUT2D eigenvalue weighted by Crippen LogP contribution is 2.59. The summed E-state index contributed by atoms with van der Waals surface area (Å²) in [6.07, 6.45) is 4.77.